The number of nitrogens with zero attached hydrogens (tertiary/aromatic N) is 1. The van der Waals surface area contributed by atoms with E-state index in [2.05, 4.69) is 0 Å². The van der Waals surface area contributed by atoms with Crippen LogP contribution in [0.5, 0.6) is 5.75 Å². The van der Waals surface area contributed by atoms with Gasteiger partial charge in [-0.15, -0.1) is 0 Å². The van der Waals surface area contributed by atoms with Crippen LogP contribution in [0.25, 0.3) is 12.2 Å². The van der Waals surface area contributed by atoms with Crippen LogP contribution in [0.15, 0.2) is 78.9 Å². The number of non-ortho nitro benzene ring substituents is 1. The molecule has 5 nitrogen and oxygen atoms in total. The Morgan fingerprint density at radius 3 is 2.26 bits per heavy atom. The molecule has 0 saturated carbocycles. The first kappa shape index (κ1) is 22.3. The summed E-state index contributed by atoms with van der Waals surface area (Å²) in [6.45, 7) is 0.240. The molecule has 0 N–H and O–H groups in total. The quantitative estimate of drug-likeness (QED) is 0.214. The molecule has 31 heavy (non-hydrogen) atoms. The van der Waals surface area contributed by atoms with Crippen LogP contribution >= 0.6 is 23.2 Å². The molecular formula is C24H17Cl2NO4. The first-order valence-electron chi connectivity index (χ1n) is 9.23. The highest BCUT2D eigenvalue weighted by molar-refractivity contribution is 6.42. The van der Waals surface area contributed by atoms with Crippen LogP contribution in [0.3, 0.4) is 0 Å². The van der Waals surface area contributed by atoms with Crippen molar-refractivity contribution in [2.45, 2.75) is 6.61 Å². The van der Waals surface area contributed by atoms with Crippen LogP contribution in [0.4, 0.5) is 5.69 Å². The van der Waals surface area contributed by atoms with Crippen molar-refractivity contribution in [2.75, 3.05) is 0 Å². The number of hydrogen-bond acceptors (Lipinski definition) is 4. The van der Waals surface area contributed by atoms with E-state index in [-0.39, 0.29) is 18.1 Å². The van der Waals surface area contributed by atoms with E-state index in [1.54, 1.807) is 48.6 Å². The van der Waals surface area contributed by atoms with E-state index >= 15 is 0 Å². The number of ketones is 1. The number of hydrogen-bond donors (Lipinski definition) is 0. The Hall–Kier alpha value is -3.41. The zero-order chi connectivity index (χ0) is 22.2. The van der Waals surface area contributed by atoms with Crippen LogP contribution in [0.1, 0.15) is 16.7 Å². The Morgan fingerprint density at radius 2 is 1.55 bits per heavy atom. The average molecular weight is 454 g/mol. The Morgan fingerprint density at radius 1 is 0.903 bits per heavy atom. The van der Waals surface area contributed by atoms with E-state index in [0.29, 0.717) is 21.4 Å². The molecule has 0 saturated heterocycles. The van der Waals surface area contributed by atoms with E-state index in [9.17, 15) is 14.9 Å². The van der Waals surface area contributed by atoms with E-state index in [4.69, 9.17) is 27.9 Å². The fraction of sp³-hybridized carbons (Fsp3) is 0.0417. The highest BCUT2D eigenvalue weighted by atomic mass is 35.5. The molecule has 0 fully saturated rings. The lowest BCUT2D eigenvalue weighted by molar-refractivity contribution is -0.384. The normalized spacial score (nSPS) is 11.2. The molecule has 0 heterocycles. The Labute approximate surface area is 189 Å². The first-order chi connectivity index (χ1) is 14.9. The zero-order valence-electron chi connectivity index (χ0n) is 16.2. The minimum absolute atomic E-state index is 0.0257. The number of rotatable bonds is 8. The number of benzene rings is 3. The highest BCUT2D eigenvalue weighted by Gasteiger charge is 2.06. The van der Waals surface area contributed by atoms with Gasteiger partial charge in [0, 0.05) is 17.7 Å². The Bertz CT molecular complexity index is 1150. The summed E-state index contributed by atoms with van der Waals surface area (Å²) in [7, 11) is 0. The van der Waals surface area contributed by atoms with Gasteiger partial charge in [-0.05, 0) is 59.7 Å². The standard InChI is InChI=1S/C24H17Cl2NO4/c25-22-6-3-5-19(24(22)26)11-15-21(28)14-10-18-4-1-2-7-23(18)31-16-17-8-12-20(13-9-17)27(29)30/h1-15H,16H2/b14-10+,15-11+. The Balaban J connectivity index is 1.66. The van der Waals surface area contributed by atoms with Gasteiger partial charge in [0.15, 0.2) is 5.78 Å². The molecule has 0 atom stereocenters. The minimum atomic E-state index is -0.448. The number of allylic oxidation sites excluding steroid dienone is 2. The second kappa shape index (κ2) is 10.6. The molecule has 0 bridgehead atoms. The van der Waals surface area contributed by atoms with Gasteiger partial charge in [0.1, 0.15) is 12.4 Å². The molecule has 3 aromatic carbocycles. The van der Waals surface area contributed by atoms with Crippen molar-refractivity contribution in [1.82, 2.24) is 0 Å². The maximum atomic E-state index is 12.2. The fourth-order valence-corrected chi connectivity index (χ4v) is 3.04. The molecule has 0 radical (unpaired) electrons. The predicted molar refractivity (Wildman–Crippen MR) is 123 cm³/mol. The van der Waals surface area contributed by atoms with E-state index in [1.807, 2.05) is 18.2 Å². The third kappa shape index (κ3) is 6.28. The van der Waals surface area contributed by atoms with Gasteiger partial charge in [-0.3, -0.25) is 14.9 Å². The summed E-state index contributed by atoms with van der Waals surface area (Å²) in [6.07, 6.45) is 6.12. The van der Waals surface area contributed by atoms with Crippen molar-refractivity contribution in [3.8, 4) is 5.75 Å². The molecule has 0 aliphatic heterocycles. The number of ether oxygens (including phenoxy) is 1. The molecular weight excluding hydrogens is 437 g/mol. The topological polar surface area (TPSA) is 69.4 Å². The summed E-state index contributed by atoms with van der Waals surface area (Å²) in [6, 6.07) is 18.6. The second-order valence-electron chi connectivity index (χ2n) is 6.46. The smallest absolute Gasteiger partial charge is 0.269 e. The van der Waals surface area contributed by atoms with Gasteiger partial charge < -0.3 is 4.74 Å². The first-order valence-corrected chi connectivity index (χ1v) is 9.99. The average Bonchev–Trinajstić information content (AvgIpc) is 2.78. The summed E-state index contributed by atoms with van der Waals surface area (Å²) in [4.78, 5) is 22.5. The van der Waals surface area contributed by atoms with Gasteiger partial charge in [-0.25, -0.2) is 0 Å². The number of carbonyl (C=O) groups excluding carboxylic acids is 1. The SMILES string of the molecule is O=C(/C=C/c1ccccc1OCc1ccc([N+](=O)[O-])cc1)/C=C/c1cccc(Cl)c1Cl. The third-order valence-corrected chi connectivity index (χ3v) is 5.13. The van der Waals surface area contributed by atoms with Gasteiger partial charge >= 0.3 is 0 Å². The summed E-state index contributed by atoms with van der Waals surface area (Å²) in [5.41, 5.74) is 2.20. The van der Waals surface area contributed by atoms with Crippen LogP contribution in [-0.2, 0) is 11.4 Å². The largest absolute Gasteiger partial charge is 0.488 e. The monoisotopic (exact) mass is 453 g/mol. The van der Waals surface area contributed by atoms with Gasteiger partial charge in [-0.1, -0.05) is 53.5 Å². The fourth-order valence-electron chi connectivity index (χ4n) is 2.67. The maximum Gasteiger partial charge on any atom is 0.269 e. The lowest BCUT2D eigenvalue weighted by Gasteiger charge is -2.09. The van der Waals surface area contributed by atoms with E-state index in [0.717, 1.165) is 11.1 Å². The van der Waals surface area contributed by atoms with E-state index < -0.39 is 4.92 Å². The number of nitro groups is 1. The van der Waals surface area contributed by atoms with Crippen molar-refractivity contribution < 1.29 is 14.5 Å². The van der Waals surface area contributed by atoms with Crippen LogP contribution in [0.2, 0.25) is 10.0 Å². The predicted octanol–water partition coefficient (Wildman–Crippen LogP) is 6.78. The number of nitro benzene ring substituents is 1. The van der Waals surface area contributed by atoms with Crippen molar-refractivity contribution in [3.63, 3.8) is 0 Å². The molecule has 0 aromatic heterocycles. The third-order valence-electron chi connectivity index (χ3n) is 4.30. The summed E-state index contributed by atoms with van der Waals surface area (Å²) < 4.78 is 5.83. The summed E-state index contributed by atoms with van der Waals surface area (Å²) in [5, 5.41) is 11.6. The van der Waals surface area contributed by atoms with Crippen molar-refractivity contribution in [3.05, 3.63) is 116 Å². The van der Waals surface area contributed by atoms with Crippen molar-refractivity contribution >= 4 is 46.8 Å². The summed E-state index contributed by atoms with van der Waals surface area (Å²) in [5.74, 6) is 0.369. The van der Waals surface area contributed by atoms with Crippen molar-refractivity contribution in [1.29, 1.82) is 0 Å². The number of halogens is 2. The molecule has 0 spiro atoms. The lowest BCUT2D eigenvalue weighted by Crippen LogP contribution is -1.97. The van der Waals surface area contributed by atoms with Crippen molar-refractivity contribution in [2.24, 2.45) is 0 Å². The van der Waals surface area contributed by atoms with Gasteiger partial charge in [0.25, 0.3) is 5.69 Å². The van der Waals surface area contributed by atoms with Crippen LogP contribution in [-0.4, -0.2) is 10.7 Å². The second-order valence-corrected chi connectivity index (χ2v) is 7.25. The van der Waals surface area contributed by atoms with Gasteiger partial charge in [0.2, 0.25) is 0 Å². The molecule has 0 aliphatic carbocycles. The molecule has 0 aliphatic rings. The van der Waals surface area contributed by atoms with Gasteiger partial charge in [0.05, 0.1) is 15.0 Å². The molecule has 3 aromatic rings. The summed E-state index contributed by atoms with van der Waals surface area (Å²) >= 11 is 12.1. The lowest BCUT2D eigenvalue weighted by atomic mass is 10.1. The zero-order valence-corrected chi connectivity index (χ0v) is 17.7. The molecule has 0 amide bonds. The highest BCUT2D eigenvalue weighted by Crippen LogP contribution is 2.26. The van der Waals surface area contributed by atoms with Crippen LogP contribution in [0, 0.1) is 10.1 Å². The molecule has 156 valence electrons. The number of para-hydroxylation sites is 1. The number of carbonyl (C=O) groups is 1. The molecule has 0 unspecified atom stereocenters. The molecule has 3 rings (SSSR count). The van der Waals surface area contributed by atoms with Crippen LogP contribution < -0.4 is 4.74 Å². The Kier molecular flexibility index (Phi) is 7.60. The molecule has 7 heteroatoms. The maximum absolute atomic E-state index is 12.2. The van der Waals surface area contributed by atoms with Gasteiger partial charge in [-0.2, -0.15) is 0 Å². The minimum Gasteiger partial charge on any atom is -0.488 e. The van der Waals surface area contributed by atoms with E-state index in [1.165, 1.54) is 24.3 Å².